The maximum Gasteiger partial charge on any atom is 0.324 e. The molecular weight excluding hydrogens is 232 g/mol. The zero-order chi connectivity index (χ0) is 13.0. The van der Waals surface area contributed by atoms with Crippen LogP contribution in [0.3, 0.4) is 0 Å². The van der Waals surface area contributed by atoms with Crippen LogP contribution in [0.25, 0.3) is 0 Å². The average molecular weight is 248 g/mol. The van der Waals surface area contributed by atoms with E-state index in [1.54, 1.807) is 9.80 Å². The number of hydrogen-bond acceptors (Lipinski definition) is 2. The highest BCUT2D eigenvalue weighted by atomic mass is 16.4. The number of carbonyl (C=O) groups is 2. The van der Waals surface area contributed by atoms with Crippen molar-refractivity contribution < 1.29 is 14.7 Å². The second kappa shape index (κ2) is 5.53. The number of carbonyl (C=O) groups excluding carboxylic acids is 1. The van der Waals surface area contributed by atoms with Crippen LogP contribution >= 0.6 is 0 Å². The fourth-order valence-electron chi connectivity index (χ4n) is 2.07. The van der Waals surface area contributed by atoms with Gasteiger partial charge in [0.15, 0.2) is 0 Å². The molecule has 0 aromatic heterocycles. The number of carboxylic acid groups (broad SMARTS) is 1. The SMILES string of the molecule is O=C(O)CCN1CCCN(c2ccccc2)C1=O. The number of amides is 2. The average Bonchev–Trinajstić information content (AvgIpc) is 2.38. The summed E-state index contributed by atoms with van der Waals surface area (Å²) < 4.78 is 0. The molecule has 5 heteroatoms. The first-order valence-electron chi connectivity index (χ1n) is 6.02. The Labute approximate surface area is 106 Å². The molecule has 0 unspecified atom stereocenters. The maximum absolute atomic E-state index is 12.2. The lowest BCUT2D eigenvalue weighted by Gasteiger charge is -2.35. The molecule has 1 fully saturated rings. The van der Waals surface area contributed by atoms with E-state index in [1.807, 2.05) is 30.3 Å². The van der Waals surface area contributed by atoms with Gasteiger partial charge in [-0.05, 0) is 18.6 Å². The van der Waals surface area contributed by atoms with Gasteiger partial charge in [-0.1, -0.05) is 18.2 Å². The van der Waals surface area contributed by atoms with Crippen LogP contribution in [-0.2, 0) is 4.79 Å². The fraction of sp³-hybridized carbons (Fsp3) is 0.385. The van der Waals surface area contributed by atoms with Gasteiger partial charge in [0.05, 0.1) is 6.42 Å². The van der Waals surface area contributed by atoms with Gasteiger partial charge in [-0.3, -0.25) is 9.69 Å². The van der Waals surface area contributed by atoms with Gasteiger partial charge in [0.25, 0.3) is 0 Å². The Hall–Kier alpha value is -2.04. The van der Waals surface area contributed by atoms with E-state index in [-0.39, 0.29) is 19.0 Å². The fourth-order valence-corrected chi connectivity index (χ4v) is 2.07. The third-order valence-corrected chi connectivity index (χ3v) is 2.97. The highest BCUT2D eigenvalue weighted by molar-refractivity contribution is 5.92. The molecule has 96 valence electrons. The van der Waals surface area contributed by atoms with E-state index < -0.39 is 5.97 Å². The van der Waals surface area contributed by atoms with Crippen LogP contribution in [0.1, 0.15) is 12.8 Å². The van der Waals surface area contributed by atoms with Crippen LogP contribution in [0.2, 0.25) is 0 Å². The van der Waals surface area contributed by atoms with Gasteiger partial charge >= 0.3 is 12.0 Å². The molecule has 2 amide bonds. The van der Waals surface area contributed by atoms with E-state index in [1.165, 1.54) is 0 Å². The molecule has 1 aliphatic rings. The normalized spacial score (nSPS) is 15.9. The maximum atomic E-state index is 12.2. The molecule has 0 atom stereocenters. The molecule has 5 nitrogen and oxygen atoms in total. The van der Waals surface area contributed by atoms with Gasteiger partial charge in [-0.2, -0.15) is 0 Å². The van der Waals surface area contributed by atoms with Gasteiger partial charge < -0.3 is 10.0 Å². The van der Waals surface area contributed by atoms with Crippen LogP contribution in [0.15, 0.2) is 30.3 Å². The number of aliphatic carboxylic acids is 1. The highest BCUT2D eigenvalue weighted by Crippen LogP contribution is 2.19. The molecule has 0 saturated carbocycles. The number of anilines is 1. The van der Waals surface area contributed by atoms with Crippen molar-refractivity contribution in [2.45, 2.75) is 12.8 Å². The molecule has 0 bridgehead atoms. The molecule has 1 aromatic rings. The van der Waals surface area contributed by atoms with Gasteiger partial charge in [0.2, 0.25) is 0 Å². The minimum atomic E-state index is -0.875. The summed E-state index contributed by atoms with van der Waals surface area (Å²) in [4.78, 5) is 26.0. The zero-order valence-corrected chi connectivity index (χ0v) is 10.1. The first kappa shape index (κ1) is 12.4. The monoisotopic (exact) mass is 248 g/mol. The van der Waals surface area contributed by atoms with Crippen LogP contribution < -0.4 is 4.90 Å². The summed E-state index contributed by atoms with van der Waals surface area (Å²) in [6, 6.07) is 9.35. The third kappa shape index (κ3) is 2.80. The Morgan fingerprint density at radius 3 is 2.61 bits per heavy atom. The number of urea groups is 1. The standard InChI is InChI=1S/C13H16N2O3/c16-12(17)7-10-14-8-4-9-15(13(14)18)11-5-2-1-3-6-11/h1-3,5-6H,4,7-10H2,(H,16,17). The first-order valence-corrected chi connectivity index (χ1v) is 6.02. The van der Waals surface area contributed by atoms with Crippen molar-refractivity contribution in [1.82, 2.24) is 4.90 Å². The number of carboxylic acids is 1. The second-order valence-electron chi connectivity index (χ2n) is 4.25. The van der Waals surface area contributed by atoms with Crippen molar-refractivity contribution in [3.8, 4) is 0 Å². The number of nitrogens with zero attached hydrogens (tertiary/aromatic N) is 2. The van der Waals surface area contributed by atoms with Gasteiger partial charge in [0.1, 0.15) is 0 Å². The van der Waals surface area contributed by atoms with Crippen molar-refractivity contribution in [3.05, 3.63) is 30.3 Å². The van der Waals surface area contributed by atoms with Crippen molar-refractivity contribution in [3.63, 3.8) is 0 Å². The number of rotatable bonds is 4. The second-order valence-corrected chi connectivity index (χ2v) is 4.25. The Morgan fingerprint density at radius 2 is 1.94 bits per heavy atom. The summed E-state index contributed by atoms with van der Waals surface area (Å²) in [6.45, 7) is 1.60. The quantitative estimate of drug-likeness (QED) is 0.883. The van der Waals surface area contributed by atoms with Crippen LogP contribution in [0.5, 0.6) is 0 Å². The molecule has 1 heterocycles. The number of hydrogen-bond donors (Lipinski definition) is 1. The van der Waals surface area contributed by atoms with Gasteiger partial charge in [-0.25, -0.2) is 4.79 Å². The van der Waals surface area contributed by atoms with Crippen molar-refractivity contribution in [2.75, 3.05) is 24.5 Å². The lowest BCUT2D eigenvalue weighted by atomic mass is 10.2. The topological polar surface area (TPSA) is 60.9 Å². The largest absolute Gasteiger partial charge is 0.481 e. The van der Waals surface area contributed by atoms with Crippen molar-refractivity contribution in [1.29, 1.82) is 0 Å². The Morgan fingerprint density at radius 1 is 1.22 bits per heavy atom. The summed E-state index contributed by atoms with van der Waals surface area (Å²) in [6.07, 6.45) is 0.856. The highest BCUT2D eigenvalue weighted by Gasteiger charge is 2.26. The van der Waals surface area contributed by atoms with Crippen molar-refractivity contribution in [2.24, 2.45) is 0 Å². The van der Waals surface area contributed by atoms with Crippen LogP contribution in [0.4, 0.5) is 10.5 Å². The summed E-state index contributed by atoms with van der Waals surface area (Å²) in [5, 5.41) is 8.66. The molecule has 18 heavy (non-hydrogen) atoms. The lowest BCUT2D eigenvalue weighted by molar-refractivity contribution is -0.137. The molecule has 1 aliphatic heterocycles. The van der Waals surface area contributed by atoms with Gasteiger partial charge in [0, 0.05) is 25.3 Å². The molecular formula is C13H16N2O3. The third-order valence-electron chi connectivity index (χ3n) is 2.97. The van der Waals surface area contributed by atoms with Gasteiger partial charge in [-0.15, -0.1) is 0 Å². The first-order chi connectivity index (χ1) is 8.68. The smallest absolute Gasteiger partial charge is 0.324 e. The lowest BCUT2D eigenvalue weighted by Crippen LogP contribution is -2.50. The number of para-hydroxylation sites is 1. The minimum absolute atomic E-state index is 0.00559. The van der Waals surface area contributed by atoms with Crippen LogP contribution in [0, 0.1) is 0 Å². The molecule has 2 rings (SSSR count). The summed E-state index contributed by atoms with van der Waals surface area (Å²) in [5.74, 6) is -0.875. The van der Waals surface area contributed by atoms with E-state index in [0.29, 0.717) is 13.1 Å². The predicted molar refractivity (Wildman–Crippen MR) is 67.6 cm³/mol. The zero-order valence-electron chi connectivity index (χ0n) is 10.1. The predicted octanol–water partition coefficient (Wildman–Crippen LogP) is 1.79. The summed E-state index contributed by atoms with van der Waals surface area (Å²) in [5.41, 5.74) is 0.863. The van der Waals surface area contributed by atoms with E-state index in [2.05, 4.69) is 0 Å². The van der Waals surface area contributed by atoms with E-state index in [0.717, 1.165) is 12.1 Å². The molecule has 0 spiro atoms. The number of benzene rings is 1. The Kier molecular flexibility index (Phi) is 3.82. The molecule has 1 N–H and O–H groups in total. The minimum Gasteiger partial charge on any atom is -0.481 e. The molecule has 1 aromatic carbocycles. The molecule has 0 aliphatic carbocycles. The molecule has 0 radical (unpaired) electrons. The summed E-state index contributed by atoms with van der Waals surface area (Å²) in [7, 11) is 0. The van der Waals surface area contributed by atoms with E-state index in [4.69, 9.17) is 5.11 Å². The Bertz CT molecular complexity index is 433. The Balaban J connectivity index is 2.05. The van der Waals surface area contributed by atoms with Crippen molar-refractivity contribution >= 4 is 17.7 Å². The van der Waals surface area contributed by atoms with E-state index >= 15 is 0 Å². The summed E-state index contributed by atoms with van der Waals surface area (Å²) >= 11 is 0. The molecule has 1 saturated heterocycles. The van der Waals surface area contributed by atoms with E-state index in [9.17, 15) is 9.59 Å². The van der Waals surface area contributed by atoms with Crippen LogP contribution in [-0.4, -0.2) is 41.6 Å².